The Morgan fingerprint density at radius 3 is 2.83 bits per heavy atom. The van der Waals surface area contributed by atoms with Crippen LogP contribution in [0.5, 0.6) is 0 Å². The van der Waals surface area contributed by atoms with Crippen LogP contribution in [0.3, 0.4) is 0 Å². The molecule has 2 rings (SSSR count). The van der Waals surface area contributed by atoms with Crippen molar-refractivity contribution in [2.75, 3.05) is 38.5 Å². The number of thiocarbonyl (C=S) groups is 1. The van der Waals surface area contributed by atoms with Gasteiger partial charge in [-0.25, -0.2) is 0 Å². The highest BCUT2D eigenvalue weighted by atomic mass is 32.1. The molecule has 4 heteroatoms. The third kappa shape index (κ3) is 3.43. The van der Waals surface area contributed by atoms with E-state index in [1.807, 2.05) is 12.1 Å². The summed E-state index contributed by atoms with van der Waals surface area (Å²) in [5, 5.41) is 4.23. The van der Waals surface area contributed by atoms with Crippen molar-refractivity contribution in [1.29, 1.82) is 0 Å². The van der Waals surface area contributed by atoms with Gasteiger partial charge in [-0.2, -0.15) is 0 Å². The summed E-state index contributed by atoms with van der Waals surface area (Å²) in [6, 6.07) is 8.27. The summed E-state index contributed by atoms with van der Waals surface area (Å²) in [7, 11) is 2.25. The summed E-state index contributed by atoms with van der Waals surface area (Å²) in [5.74, 6) is 0. The summed E-state index contributed by atoms with van der Waals surface area (Å²) in [5.41, 5.74) is 2.35. The Morgan fingerprint density at radius 2 is 2.06 bits per heavy atom. The molecule has 0 spiro atoms. The molecule has 1 unspecified atom stereocenters. The van der Waals surface area contributed by atoms with Gasteiger partial charge in [0.05, 0.1) is 26.7 Å². The fourth-order valence-corrected chi connectivity index (χ4v) is 2.54. The van der Waals surface area contributed by atoms with Crippen molar-refractivity contribution < 1.29 is 4.90 Å². The monoisotopic (exact) mass is 264 g/mol. The predicted molar refractivity (Wildman–Crippen MR) is 80.2 cm³/mol. The molecule has 18 heavy (non-hydrogen) atoms. The first kappa shape index (κ1) is 13.3. The van der Waals surface area contributed by atoms with Gasteiger partial charge in [-0.1, -0.05) is 18.2 Å². The zero-order valence-electron chi connectivity index (χ0n) is 11.2. The number of anilines is 1. The van der Waals surface area contributed by atoms with Crippen LogP contribution >= 0.6 is 12.2 Å². The summed E-state index contributed by atoms with van der Waals surface area (Å²) in [4.78, 5) is 3.88. The smallest absolute Gasteiger partial charge is 0.173 e. The first-order valence-corrected chi connectivity index (χ1v) is 7.00. The summed E-state index contributed by atoms with van der Waals surface area (Å²) in [6.45, 7) is 6.61. The molecule has 0 amide bonds. The second kappa shape index (κ2) is 6.16. The molecule has 0 bridgehead atoms. The SMILES string of the molecule is Cc1ccccc1NC(=S)N1CCC[NH+](C)CC1. The van der Waals surface area contributed by atoms with Crippen LogP contribution in [0.2, 0.25) is 0 Å². The minimum Gasteiger partial charge on any atom is -0.343 e. The van der Waals surface area contributed by atoms with Crippen LogP contribution in [0.1, 0.15) is 12.0 Å². The van der Waals surface area contributed by atoms with Crippen molar-refractivity contribution >= 4 is 23.0 Å². The number of rotatable bonds is 1. The fraction of sp³-hybridized carbons (Fsp3) is 0.500. The van der Waals surface area contributed by atoms with E-state index in [0.29, 0.717) is 0 Å². The average Bonchev–Trinajstić information content (AvgIpc) is 2.57. The van der Waals surface area contributed by atoms with E-state index in [1.165, 1.54) is 18.5 Å². The lowest BCUT2D eigenvalue weighted by Gasteiger charge is -2.23. The first-order valence-electron chi connectivity index (χ1n) is 6.59. The standard InChI is InChI=1S/C14H21N3S/c1-12-6-3-4-7-13(12)15-14(18)17-9-5-8-16(2)10-11-17/h3-4,6-7H,5,8-11H2,1-2H3,(H,15,18)/p+1. The Morgan fingerprint density at radius 1 is 1.28 bits per heavy atom. The Kier molecular flexibility index (Phi) is 4.55. The highest BCUT2D eigenvalue weighted by Crippen LogP contribution is 2.14. The zero-order chi connectivity index (χ0) is 13.0. The van der Waals surface area contributed by atoms with Crippen LogP contribution in [0.25, 0.3) is 0 Å². The molecule has 0 saturated carbocycles. The quantitative estimate of drug-likeness (QED) is 0.736. The molecule has 2 N–H and O–H groups in total. The number of hydrogen-bond acceptors (Lipinski definition) is 1. The first-order chi connectivity index (χ1) is 8.66. The van der Waals surface area contributed by atoms with Gasteiger partial charge in [-0.3, -0.25) is 0 Å². The molecule has 1 aliphatic rings. The minimum atomic E-state index is 0.860. The van der Waals surface area contributed by atoms with Gasteiger partial charge in [0.25, 0.3) is 0 Å². The number of nitrogens with one attached hydrogen (secondary N) is 2. The summed E-state index contributed by atoms with van der Waals surface area (Å²) >= 11 is 5.52. The third-order valence-corrected chi connectivity index (χ3v) is 3.87. The summed E-state index contributed by atoms with van der Waals surface area (Å²) in [6.07, 6.45) is 1.21. The molecule has 3 nitrogen and oxygen atoms in total. The number of benzene rings is 1. The molecule has 98 valence electrons. The van der Waals surface area contributed by atoms with Gasteiger partial charge < -0.3 is 15.1 Å². The van der Waals surface area contributed by atoms with Crippen LogP contribution < -0.4 is 10.2 Å². The van der Waals surface area contributed by atoms with E-state index in [9.17, 15) is 0 Å². The van der Waals surface area contributed by atoms with Crippen molar-refractivity contribution in [2.45, 2.75) is 13.3 Å². The number of para-hydroxylation sites is 1. The molecular formula is C14H22N3S+. The second-order valence-corrected chi connectivity index (χ2v) is 5.43. The van der Waals surface area contributed by atoms with Gasteiger partial charge in [0.15, 0.2) is 5.11 Å². The molecule has 0 aliphatic carbocycles. The lowest BCUT2D eigenvalue weighted by molar-refractivity contribution is -0.877. The van der Waals surface area contributed by atoms with Crippen molar-refractivity contribution in [1.82, 2.24) is 4.90 Å². The van der Waals surface area contributed by atoms with Crippen LogP contribution in [0.4, 0.5) is 5.69 Å². The van der Waals surface area contributed by atoms with E-state index < -0.39 is 0 Å². The van der Waals surface area contributed by atoms with Gasteiger partial charge >= 0.3 is 0 Å². The lowest BCUT2D eigenvalue weighted by Crippen LogP contribution is -3.09. The maximum Gasteiger partial charge on any atom is 0.173 e. The Hall–Kier alpha value is -1.13. The van der Waals surface area contributed by atoms with Crippen LogP contribution in [0, 0.1) is 6.92 Å². The number of likely N-dealkylation sites (N-methyl/N-ethyl adjacent to an activating group) is 1. The largest absolute Gasteiger partial charge is 0.343 e. The zero-order valence-corrected chi connectivity index (χ0v) is 12.0. The number of hydrogen-bond donors (Lipinski definition) is 2. The van der Waals surface area contributed by atoms with Gasteiger partial charge in [0.1, 0.15) is 0 Å². The summed E-state index contributed by atoms with van der Waals surface area (Å²) < 4.78 is 0. The van der Waals surface area contributed by atoms with Crippen molar-refractivity contribution in [2.24, 2.45) is 0 Å². The molecule has 1 fully saturated rings. The van der Waals surface area contributed by atoms with Crippen molar-refractivity contribution in [3.63, 3.8) is 0 Å². The normalized spacial score (nSPS) is 20.3. The molecule has 1 aromatic carbocycles. The Bertz CT molecular complexity index is 419. The number of aryl methyl sites for hydroxylation is 1. The molecule has 1 aromatic rings. The Balaban J connectivity index is 1.97. The van der Waals surface area contributed by atoms with Gasteiger partial charge in [0, 0.05) is 18.7 Å². The maximum absolute atomic E-state index is 5.52. The van der Waals surface area contributed by atoms with Gasteiger partial charge in [-0.15, -0.1) is 0 Å². The van der Waals surface area contributed by atoms with Gasteiger partial charge in [-0.05, 0) is 30.8 Å². The highest BCUT2D eigenvalue weighted by molar-refractivity contribution is 7.80. The van der Waals surface area contributed by atoms with E-state index in [-0.39, 0.29) is 0 Å². The molecule has 0 radical (unpaired) electrons. The Labute approximate surface area is 115 Å². The van der Waals surface area contributed by atoms with Crippen molar-refractivity contribution in [3.8, 4) is 0 Å². The van der Waals surface area contributed by atoms with E-state index >= 15 is 0 Å². The molecule has 1 saturated heterocycles. The van der Waals surface area contributed by atoms with E-state index in [2.05, 4.69) is 36.3 Å². The molecule has 1 heterocycles. The molecule has 1 atom stereocenters. The second-order valence-electron chi connectivity index (χ2n) is 5.04. The average molecular weight is 264 g/mol. The fourth-order valence-electron chi connectivity index (χ4n) is 2.24. The predicted octanol–water partition coefficient (Wildman–Crippen LogP) is 0.912. The lowest BCUT2D eigenvalue weighted by atomic mass is 10.2. The number of nitrogens with zero attached hydrogens (tertiary/aromatic N) is 1. The van der Waals surface area contributed by atoms with E-state index in [0.717, 1.165) is 30.4 Å². The van der Waals surface area contributed by atoms with Crippen molar-refractivity contribution in [3.05, 3.63) is 29.8 Å². The van der Waals surface area contributed by atoms with Crippen LogP contribution in [0.15, 0.2) is 24.3 Å². The highest BCUT2D eigenvalue weighted by Gasteiger charge is 2.16. The minimum absolute atomic E-state index is 0.860. The van der Waals surface area contributed by atoms with Crippen LogP contribution in [-0.4, -0.2) is 43.2 Å². The van der Waals surface area contributed by atoms with Gasteiger partial charge in [0.2, 0.25) is 0 Å². The number of quaternary nitrogens is 1. The van der Waals surface area contributed by atoms with E-state index in [1.54, 1.807) is 4.90 Å². The molecule has 1 aliphatic heterocycles. The molecular weight excluding hydrogens is 242 g/mol. The maximum atomic E-state index is 5.52. The third-order valence-electron chi connectivity index (χ3n) is 3.51. The topological polar surface area (TPSA) is 19.7 Å². The van der Waals surface area contributed by atoms with Crippen LogP contribution in [-0.2, 0) is 0 Å². The van der Waals surface area contributed by atoms with E-state index in [4.69, 9.17) is 12.2 Å². The molecule has 0 aromatic heterocycles.